The van der Waals surface area contributed by atoms with Crippen molar-refractivity contribution < 1.29 is 9.59 Å². The molecule has 0 saturated carbocycles. The van der Waals surface area contributed by atoms with Gasteiger partial charge in [-0.05, 0) is 43.7 Å². The average Bonchev–Trinajstić information content (AvgIpc) is 3.07. The number of hydrogen-bond donors (Lipinski definition) is 2. The summed E-state index contributed by atoms with van der Waals surface area (Å²) in [5.41, 5.74) is 2.23. The molecular formula is C21H22ClN5O2S. The van der Waals surface area contributed by atoms with E-state index in [4.69, 9.17) is 11.6 Å². The summed E-state index contributed by atoms with van der Waals surface area (Å²) in [6.45, 7) is 3.79. The number of anilines is 1. The van der Waals surface area contributed by atoms with Crippen molar-refractivity contribution in [3.05, 3.63) is 70.5 Å². The molecule has 9 heteroatoms. The lowest BCUT2D eigenvalue weighted by Gasteiger charge is -2.14. The van der Waals surface area contributed by atoms with Gasteiger partial charge in [0.05, 0.1) is 22.4 Å². The van der Waals surface area contributed by atoms with Gasteiger partial charge < -0.3 is 15.2 Å². The second-order valence-electron chi connectivity index (χ2n) is 6.78. The minimum absolute atomic E-state index is 0.129. The molecule has 0 saturated heterocycles. The summed E-state index contributed by atoms with van der Waals surface area (Å²) in [5.74, 6) is 0.357. The lowest BCUT2D eigenvalue weighted by molar-refractivity contribution is -0.113. The fraction of sp³-hybridized carbons (Fsp3) is 0.238. The van der Waals surface area contributed by atoms with E-state index >= 15 is 0 Å². The van der Waals surface area contributed by atoms with Crippen LogP contribution in [0.15, 0.2) is 53.7 Å². The van der Waals surface area contributed by atoms with Crippen molar-refractivity contribution in [3.8, 4) is 0 Å². The summed E-state index contributed by atoms with van der Waals surface area (Å²) < 4.78 is 1.77. The number of nitrogens with one attached hydrogen (secondary N) is 2. The van der Waals surface area contributed by atoms with Crippen LogP contribution in [0.5, 0.6) is 0 Å². The minimum Gasteiger partial charge on any atom is -0.342 e. The van der Waals surface area contributed by atoms with Gasteiger partial charge in [-0.3, -0.25) is 9.59 Å². The molecule has 156 valence electrons. The first kappa shape index (κ1) is 21.9. The molecule has 30 heavy (non-hydrogen) atoms. The third-order valence-electron chi connectivity index (χ3n) is 4.36. The van der Waals surface area contributed by atoms with Crippen LogP contribution < -0.4 is 10.6 Å². The Balaban J connectivity index is 1.59. The van der Waals surface area contributed by atoms with Gasteiger partial charge in [0.1, 0.15) is 0 Å². The number of halogens is 1. The van der Waals surface area contributed by atoms with E-state index in [1.165, 1.54) is 11.8 Å². The lowest BCUT2D eigenvalue weighted by Crippen LogP contribution is -2.28. The molecule has 0 aliphatic heterocycles. The van der Waals surface area contributed by atoms with E-state index < -0.39 is 0 Å². The number of carbonyl (C=O) groups excluding carboxylic acids is 2. The fourth-order valence-electron chi connectivity index (χ4n) is 2.86. The van der Waals surface area contributed by atoms with Crippen LogP contribution >= 0.6 is 23.4 Å². The van der Waals surface area contributed by atoms with Gasteiger partial charge in [0.2, 0.25) is 5.91 Å². The van der Waals surface area contributed by atoms with Crippen molar-refractivity contribution in [1.29, 1.82) is 0 Å². The number of aromatic nitrogens is 3. The molecule has 0 unspecified atom stereocenters. The fourth-order valence-corrected chi connectivity index (χ4v) is 3.80. The van der Waals surface area contributed by atoms with Crippen LogP contribution in [0.3, 0.4) is 0 Å². The van der Waals surface area contributed by atoms with Crippen LogP contribution in [0.1, 0.15) is 34.7 Å². The van der Waals surface area contributed by atoms with E-state index in [0.29, 0.717) is 21.6 Å². The topological polar surface area (TPSA) is 88.9 Å². The monoisotopic (exact) mass is 443 g/mol. The summed E-state index contributed by atoms with van der Waals surface area (Å²) >= 11 is 7.36. The van der Waals surface area contributed by atoms with Gasteiger partial charge in [0.25, 0.3) is 5.91 Å². The standard InChI is InChI=1S/C21H22ClN5O2S/c1-13-7-6-8-15(11-13)24-18(28)12-30-21-26-25-19(27(21)3)14(2)23-20(29)16-9-4-5-10-17(16)22/h4-11,14H,12H2,1-3H3,(H,23,29)(H,24,28)/t14-/m0/s1. The van der Waals surface area contributed by atoms with Crippen LogP contribution in [-0.2, 0) is 11.8 Å². The molecule has 1 aromatic heterocycles. The SMILES string of the molecule is Cc1cccc(NC(=O)CSc2nnc([C@H](C)NC(=O)c3ccccc3Cl)n2C)c1. The lowest BCUT2D eigenvalue weighted by atomic mass is 10.2. The van der Waals surface area contributed by atoms with Crippen LogP contribution in [0.25, 0.3) is 0 Å². The van der Waals surface area contributed by atoms with Gasteiger partial charge in [-0.25, -0.2) is 0 Å². The highest BCUT2D eigenvalue weighted by Gasteiger charge is 2.20. The number of thioether (sulfide) groups is 1. The predicted octanol–water partition coefficient (Wildman–Crippen LogP) is 4.00. The third-order valence-corrected chi connectivity index (χ3v) is 5.71. The van der Waals surface area contributed by atoms with Crippen molar-refractivity contribution in [2.75, 3.05) is 11.1 Å². The zero-order chi connectivity index (χ0) is 21.7. The van der Waals surface area contributed by atoms with E-state index in [2.05, 4.69) is 20.8 Å². The highest BCUT2D eigenvalue weighted by atomic mass is 35.5. The molecule has 0 fully saturated rings. The number of hydrogen-bond acceptors (Lipinski definition) is 5. The van der Waals surface area contributed by atoms with Crippen LogP contribution in [0.4, 0.5) is 5.69 Å². The molecule has 2 aromatic carbocycles. The molecule has 2 N–H and O–H groups in total. The Kier molecular flexibility index (Phi) is 7.12. The van der Waals surface area contributed by atoms with Gasteiger partial charge in [0, 0.05) is 12.7 Å². The summed E-state index contributed by atoms with van der Waals surface area (Å²) in [7, 11) is 1.80. The molecule has 2 amide bonds. The summed E-state index contributed by atoms with van der Waals surface area (Å²) in [6.07, 6.45) is 0. The number of rotatable bonds is 7. The van der Waals surface area contributed by atoms with Gasteiger partial charge in [-0.15, -0.1) is 10.2 Å². The maximum absolute atomic E-state index is 12.5. The maximum Gasteiger partial charge on any atom is 0.253 e. The van der Waals surface area contributed by atoms with Crippen LogP contribution in [-0.4, -0.2) is 32.3 Å². The summed E-state index contributed by atoms with van der Waals surface area (Å²) in [4.78, 5) is 24.7. The van der Waals surface area contributed by atoms with E-state index in [-0.39, 0.29) is 23.6 Å². The Morgan fingerprint density at radius 1 is 1.17 bits per heavy atom. The Hall–Kier alpha value is -2.84. The second-order valence-corrected chi connectivity index (χ2v) is 8.13. The van der Waals surface area contributed by atoms with Gasteiger partial charge in [0.15, 0.2) is 11.0 Å². The number of nitrogens with zero attached hydrogens (tertiary/aromatic N) is 3. The third kappa shape index (κ3) is 5.40. The zero-order valence-corrected chi connectivity index (χ0v) is 18.4. The predicted molar refractivity (Wildman–Crippen MR) is 119 cm³/mol. The molecule has 0 aliphatic rings. The normalized spacial score (nSPS) is 11.7. The Bertz CT molecular complexity index is 1070. The molecule has 0 spiro atoms. The molecule has 0 bridgehead atoms. The van der Waals surface area contributed by atoms with Crippen molar-refractivity contribution in [3.63, 3.8) is 0 Å². The van der Waals surface area contributed by atoms with Gasteiger partial charge in [-0.1, -0.05) is 47.6 Å². The molecule has 3 rings (SSSR count). The van der Waals surface area contributed by atoms with E-state index in [9.17, 15) is 9.59 Å². The average molecular weight is 444 g/mol. The highest BCUT2D eigenvalue weighted by molar-refractivity contribution is 7.99. The number of carbonyl (C=O) groups is 2. The Labute approximate surface area is 184 Å². The van der Waals surface area contributed by atoms with Crippen LogP contribution in [0.2, 0.25) is 5.02 Å². The Morgan fingerprint density at radius 3 is 2.67 bits per heavy atom. The van der Waals surface area contributed by atoms with Crippen LogP contribution in [0, 0.1) is 6.92 Å². The number of amides is 2. The van der Waals surface area contributed by atoms with E-state index in [1.54, 1.807) is 35.9 Å². The maximum atomic E-state index is 12.5. The van der Waals surface area contributed by atoms with E-state index in [0.717, 1.165) is 11.3 Å². The number of aryl methyl sites for hydroxylation is 1. The van der Waals surface area contributed by atoms with Crippen molar-refractivity contribution >= 4 is 40.9 Å². The molecular weight excluding hydrogens is 422 g/mol. The molecule has 1 atom stereocenters. The van der Waals surface area contributed by atoms with Gasteiger partial charge >= 0.3 is 0 Å². The van der Waals surface area contributed by atoms with Crippen molar-refractivity contribution in [2.45, 2.75) is 25.0 Å². The first-order chi connectivity index (χ1) is 14.3. The van der Waals surface area contributed by atoms with Crippen molar-refractivity contribution in [1.82, 2.24) is 20.1 Å². The number of benzene rings is 2. The van der Waals surface area contributed by atoms with E-state index in [1.807, 2.05) is 38.1 Å². The second kappa shape index (κ2) is 9.77. The van der Waals surface area contributed by atoms with Gasteiger partial charge in [-0.2, -0.15) is 0 Å². The first-order valence-corrected chi connectivity index (χ1v) is 10.7. The Morgan fingerprint density at radius 2 is 1.93 bits per heavy atom. The smallest absolute Gasteiger partial charge is 0.253 e. The molecule has 1 heterocycles. The zero-order valence-electron chi connectivity index (χ0n) is 16.8. The van der Waals surface area contributed by atoms with Crippen molar-refractivity contribution in [2.24, 2.45) is 7.05 Å². The highest BCUT2D eigenvalue weighted by Crippen LogP contribution is 2.21. The summed E-state index contributed by atoms with van der Waals surface area (Å²) in [6, 6.07) is 14.1. The summed E-state index contributed by atoms with van der Waals surface area (Å²) in [5, 5.41) is 15.0. The minimum atomic E-state index is -0.387. The first-order valence-electron chi connectivity index (χ1n) is 9.29. The molecule has 7 nitrogen and oxygen atoms in total. The largest absolute Gasteiger partial charge is 0.342 e. The molecule has 0 radical (unpaired) electrons. The quantitative estimate of drug-likeness (QED) is 0.539. The molecule has 0 aliphatic carbocycles. The molecule has 3 aromatic rings.